The number of carbonyl (C=O) groups is 1. The third-order valence-electron chi connectivity index (χ3n) is 1.76. The van der Waals surface area contributed by atoms with Gasteiger partial charge in [0, 0.05) is 26.0 Å². The summed E-state index contributed by atoms with van der Waals surface area (Å²) in [5, 5.41) is 0. The van der Waals surface area contributed by atoms with Gasteiger partial charge in [0.15, 0.2) is 0 Å². The fourth-order valence-corrected chi connectivity index (χ4v) is 1.50. The Labute approximate surface area is 87.2 Å². The first-order valence-corrected chi connectivity index (χ1v) is 5.80. The van der Waals surface area contributed by atoms with E-state index in [-0.39, 0.29) is 6.42 Å². The fourth-order valence-electron chi connectivity index (χ4n) is 1.15. The van der Waals surface area contributed by atoms with Gasteiger partial charge in [-0.3, -0.25) is 14.6 Å². The second kappa shape index (κ2) is 4.65. The van der Waals surface area contributed by atoms with Crippen molar-refractivity contribution in [3.8, 4) is 0 Å². The average molecular weight is 236 g/mol. The molecule has 0 unspecified atom stereocenters. The summed E-state index contributed by atoms with van der Waals surface area (Å²) in [6.07, 6.45) is 3.59. The van der Waals surface area contributed by atoms with Gasteiger partial charge in [-0.1, -0.05) is 0 Å². The molecule has 0 spiro atoms. The van der Waals surface area contributed by atoms with Crippen LogP contribution >= 0.6 is 7.82 Å². The summed E-state index contributed by atoms with van der Waals surface area (Å²) >= 11 is 0. The van der Waals surface area contributed by atoms with Crippen LogP contribution in [0.1, 0.15) is 6.42 Å². The smallest absolute Gasteiger partial charge is 0.371 e. The van der Waals surface area contributed by atoms with Crippen molar-refractivity contribution in [3.63, 3.8) is 0 Å². The van der Waals surface area contributed by atoms with Crippen LogP contribution in [0, 0.1) is 0 Å². The lowest BCUT2D eigenvalue weighted by molar-refractivity contribution is -0.135. The van der Waals surface area contributed by atoms with E-state index in [9.17, 15) is 9.36 Å². The molecule has 1 rings (SSSR count). The minimum Gasteiger partial charge on any atom is -0.371 e. The zero-order valence-electron chi connectivity index (χ0n) is 8.24. The predicted octanol–water partition coefficient (Wildman–Crippen LogP) is -0.311. The Morgan fingerprint density at radius 3 is 2.67 bits per heavy atom. The first-order valence-electron chi connectivity index (χ1n) is 4.27. The molecule has 7 nitrogen and oxygen atoms in total. The quantitative estimate of drug-likeness (QED) is 0.647. The molecular weight excluding hydrogens is 223 g/mol. The van der Waals surface area contributed by atoms with E-state index in [4.69, 9.17) is 9.79 Å². The van der Waals surface area contributed by atoms with E-state index >= 15 is 0 Å². The Kier molecular flexibility index (Phi) is 3.73. The molecule has 0 bridgehead atoms. The van der Waals surface area contributed by atoms with Crippen molar-refractivity contribution in [2.24, 2.45) is 0 Å². The molecule has 0 aromatic heterocycles. The van der Waals surface area contributed by atoms with E-state index in [0.717, 1.165) is 0 Å². The van der Waals surface area contributed by atoms with Crippen molar-refractivity contribution >= 4 is 13.8 Å². The van der Waals surface area contributed by atoms with Crippen LogP contribution in [0.3, 0.4) is 0 Å². The van der Waals surface area contributed by atoms with Crippen molar-refractivity contribution in [2.75, 3.05) is 20.3 Å². The minimum absolute atomic E-state index is 0.0523. The van der Waals surface area contributed by atoms with Crippen molar-refractivity contribution < 1.29 is 23.7 Å². The number of carbonyl (C=O) groups excluding carboxylic acids is 1. The molecule has 0 saturated carbocycles. The first kappa shape index (κ1) is 12.0. The summed E-state index contributed by atoms with van der Waals surface area (Å²) in [7, 11) is -2.81. The van der Waals surface area contributed by atoms with Crippen molar-refractivity contribution in [1.29, 1.82) is 0 Å². The second-order valence-corrected chi connectivity index (χ2v) is 4.38. The summed E-state index contributed by atoms with van der Waals surface area (Å²) < 4.78 is 14.2. The number of hydrogen-bond acceptors (Lipinski definition) is 5. The number of rotatable bonds is 4. The molecule has 0 saturated heterocycles. The van der Waals surface area contributed by atoms with Crippen LogP contribution in [0.5, 0.6) is 0 Å². The van der Waals surface area contributed by atoms with E-state index < -0.39 is 13.8 Å². The summed E-state index contributed by atoms with van der Waals surface area (Å²) in [5.41, 5.74) is 0. The molecule has 0 amide bonds. The molecule has 0 aromatic carbocycles. The van der Waals surface area contributed by atoms with Gasteiger partial charge < -0.3 is 14.3 Å². The van der Waals surface area contributed by atoms with Crippen LogP contribution in [-0.2, 0) is 13.9 Å². The third-order valence-corrected chi connectivity index (χ3v) is 2.20. The Hall–Kier alpha value is -1.04. The van der Waals surface area contributed by atoms with Crippen LogP contribution in [0.2, 0.25) is 0 Å². The Morgan fingerprint density at radius 1 is 1.53 bits per heavy atom. The average Bonchev–Trinajstić information content (AvgIpc) is 2.45. The molecule has 0 radical (unpaired) electrons. The van der Waals surface area contributed by atoms with Gasteiger partial charge in [-0.25, -0.2) is 4.57 Å². The second-order valence-electron chi connectivity index (χ2n) is 3.21. The number of phosphoric acid groups is 1. The summed E-state index contributed by atoms with van der Waals surface area (Å²) in [6, 6.07) is 0. The normalized spacial score (nSPS) is 15.9. The summed E-state index contributed by atoms with van der Waals surface area (Å²) in [5.74, 6) is -0.897. The highest BCUT2D eigenvalue weighted by Gasteiger charge is 2.20. The summed E-state index contributed by atoms with van der Waals surface area (Å²) in [6.45, 7) is 1.03. The van der Waals surface area contributed by atoms with Gasteiger partial charge in [0.25, 0.3) is 0 Å². The monoisotopic (exact) mass is 236 g/mol. The molecule has 0 fully saturated rings. The van der Waals surface area contributed by atoms with E-state index in [1.54, 1.807) is 6.20 Å². The summed E-state index contributed by atoms with van der Waals surface area (Å²) in [4.78, 5) is 31.4. The molecule has 1 aliphatic rings. The topological polar surface area (TPSA) is 90.3 Å². The van der Waals surface area contributed by atoms with Gasteiger partial charge >= 0.3 is 13.8 Å². The Balaban J connectivity index is 2.23. The van der Waals surface area contributed by atoms with E-state index in [2.05, 4.69) is 4.52 Å². The molecule has 1 heterocycles. The lowest BCUT2D eigenvalue weighted by Gasteiger charge is -2.17. The highest BCUT2D eigenvalue weighted by Crippen LogP contribution is 2.36. The number of nitrogens with zero attached hydrogens (tertiary/aromatic N) is 2. The van der Waals surface area contributed by atoms with Gasteiger partial charge in [-0.05, 0) is 0 Å². The van der Waals surface area contributed by atoms with Crippen molar-refractivity contribution in [2.45, 2.75) is 6.42 Å². The van der Waals surface area contributed by atoms with Crippen LogP contribution in [0.15, 0.2) is 12.4 Å². The third kappa shape index (κ3) is 4.83. The van der Waals surface area contributed by atoms with Gasteiger partial charge in [0.2, 0.25) is 0 Å². The predicted molar refractivity (Wildman–Crippen MR) is 51.2 cm³/mol. The van der Waals surface area contributed by atoms with Gasteiger partial charge in [-0.2, -0.15) is 0 Å². The van der Waals surface area contributed by atoms with Crippen LogP contribution in [0.25, 0.3) is 0 Å². The molecule has 8 heteroatoms. The molecule has 0 aliphatic carbocycles. The van der Waals surface area contributed by atoms with E-state index in [1.807, 2.05) is 23.0 Å². The zero-order chi connectivity index (χ0) is 11.5. The zero-order valence-corrected chi connectivity index (χ0v) is 9.13. The maximum absolute atomic E-state index is 10.9. The first-order chi connectivity index (χ1) is 6.87. The number of hydrogen-bond donors (Lipinski definition) is 2. The Bertz CT molecular complexity index is 313. The largest absolute Gasteiger partial charge is 0.526 e. The van der Waals surface area contributed by atoms with E-state index in [1.165, 1.54) is 0 Å². The lowest BCUT2D eigenvalue weighted by Crippen LogP contribution is -2.25. The van der Waals surface area contributed by atoms with Crippen LogP contribution in [0.4, 0.5) is 0 Å². The van der Waals surface area contributed by atoms with Crippen LogP contribution in [-0.4, -0.2) is 45.8 Å². The highest BCUT2D eigenvalue weighted by atomic mass is 31.2. The maximum Gasteiger partial charge on any atom is 0.526 e. The van der Waals surface area contributed by atoms with Gasteiger partial charge in [0.1, 0.15) is 0 Å². The van der Waals surface area contributed by atoms with Gasteiger partial charge in [-0.15, -0.1) is 0 Å². The SMILES string of the molecule is CN1C=CN(CCC(=O)OP(=O)(O)O)C1. The minimum atomic E-state index is -4.69. The molecule has 86 valence electrons. The van der Waals surface area contributed by atoms with Gasteiger partial charge in [0.05, 0.1) is 13.1 Å². The van der Waals surface area contributed by atoms with Crippen LogP contribution < -0.4 is 0 Å². The molecule has 1 aliphatic heterocycles. The highest BCUT2D eigenvalue weighted by molar-refractivity contribution is 7.46. The lowest BCUT2D eigenvalue weighted by atomic mass is 10.4. The van der Waals surface area contributed by atoms with Crippen molar-refractivity contribution in [1.82, 2.24) is 9.80 Å². The standard InChI is InChI=1S/C7H13N2O5P/c1-8-4-5-9(6-8)3-2-7(10)14-15(11,12)13/h4-5H,2-3,6H2,1H3,(H2,11,12,13). The molecule has 0 atom stereocenters. The molecule has 2 N–H and O–H groups in total. The molecular formula is C7H13N2O5P. The Morgan fingerprint density at radius 2 is 2.20 bits per heavy atom. The molecule has 15 heavy (non-hydrogen) atoms. The maximum atomic E-state index is 10.9. The van der Waals surface area contributed by atoms with E-state index in [0.29, 0.717) is 13.2 Å². The number of phosphoric ester groups is 1. The fraction of sp³-hybridized carbons (Fsp3) is 0.571. The molecule has 0 aromatic rings. The van der Waals surface area contributed by atoms with Crippen molar-refractivity contribution in [3.05, 3.63) is 12.4 Å².